The van der Waals surface area contributed by atoms with Crippen LogP contribution in [0.2, 0.25) is 0 Å². The van der Waals surface area contributed by atoms with Gasteiger partial charge < -0.3 is 10.1 Å². The van der Waals surface area contributed by atoms with Gasteiger partial charge in [-0.05, 0) is 13.3 Å². The molecule has 17 heavy (non-hydrogen) atoms. The molecule has 0 bridgehead atoms. The van der Waals surface area contributed by atoms with Crippen molar-refractivity contribution >= 4 is 0 Å². The van der Waals surface area contributed by atoms with Crippen molar-refractivity contribution in [1.29, 1.82) is 0 Å². The van der Waals surface area contributed by atoms with Gasteiger partial charge in [-0.1, -0.05) is 51.9 Å². The summed E-state index contributed by atoms with van der Waals surface area (Å²) in [4.78, 5) is 0. The van der Waals surface area contributed by atoms with Crippen molar-refractivity contribution in [2.45, 2.75) is 71.6 Å². The van der Waals surface area contributed by atoms with E-state index in [-0.39, 0.29) is 0 Å². The number of hydrogen-bond acceptors (Lipinski definition) is 2. The molecule has 1 heterocycles. The monoisotopic (exact) mass is 237 g/mol. The molecule has 0 spiro atoms. The summed E-state index contributed by atoms with van der Waals surface area (Å²) in [6.07, 6.45) is 15.6. The van der Waals surface area contributed by atoms with E-state index in [0.717, 1.165) is 17.9 Å². The van der Waals surface area contributed by atoms with E-state index < -0.39 is 0 Å². The zero-order chi connectivity index (χ0) is 12.3. The summed E-state index contributed by atoms with van der Waals surface area (Å²) in [6, 6.07) is 0. The second-order valence-electron chi connectivity index (χ2n) is 4.84. The first kappa shape index (κ1) is 14.1. The van der Waals surface area contributed by atoms with Crippen LogP contribution in [0.4, 0.5) is 0 Å². The van der Waals surface area contributed by atoms with Crippen molar-refractivity contribution in [3.05, 3.63) is 23.9 Å². The van der Waals surface area contributed by atoms with Gasteiger partial charge in [-0.3, -0.25) is 0 Å². The zero-order valence-electron chi connectivity index (χ0n) is 11.4. The smallest absolute Gasteiger partial charge is 0.122 e. The van der Waals surface area contributed by atoms with Crippen LogP contribution in [-0.2, 0) is 4.74 Å². The molecule has 1 aliphatic heterocycles. The highest BCUT2D eigenvalue weighted by Crippen LogP contribution is 2.17. The van der Waals surface area contributed by atoms with E-state index in [1.807, 2.05) is 6.20 Å². The number of hydrogen-bond donors (Lipinski definition) is 1. The second kappa shape index (κ2) is 9.15. The quantitative estimate of drug-likeness (QED) is 0.579. The van der Waals surface area contributed by atoms with E-state index in [2.05, 4.69) is 19.2 Å². The van der Waals surface area contributed by atoms with E-state index in [1.165, 1.54) is 51.4 Å². The van der Waals surface area contributed by atoms with Gasteiger partial charge in [-0.25, -0.2) is 0 Å². The number of unbranched alkanes of at least 4 members (excludes halogenated alkanes) is 7. The van der Waals surface area contributed by atoms with E-state index in [4.69, 9.17) is 4.74 Å². The first-order valence-corrected chi connectivity index (χ1v) is 7.12. The molecule has 2 heteroatoms. The van der Waals surface area contributed by atoms with Gasteiger partial charge in [0, 0.05) is 12.6 Å². The maximum absolute atomic E-state index is 5.49. The Labute approximate surface area is 106 Å². The number of rotatable bonds is 9. The Morgan fingerprint density at radius 2 is 1.65 bits per heavy atom. The van der Waals surface area contributed by atoms with Gasteiger partial charge >= 0.3 is 0 Å². The summed E-state index contributed by atoms with van der Waals surface area (Å²) < 4.78 is 5.49. The lowest BCUT2D eigenvalue weighted by molar-refractivity contribution is 0.309. The van der Waals surface area contributed by atoms with Crippen molar-refractivity contribution in [1.82, 2.24) is 5.32 Å². The first-order chi connectivity index (χ1) is 8.34. The van der Waals surface area contributed by atoms with Gasteiger partial charge in [0.05, 0.1) is 5.70 Å². The average Bonchev–Trinajstić information content (AvgIpc) is 2.35. The Balaban J connectivity index is 1.94. The first-order valence-electron chi connectivity index (χ1n) is 7.12. The highest BCUT2D eigenvalue weighted by Gasteiger charge is 2.05. The van der Waals surface area contributed by atoms with Crippen molar-refractivity contribution in [2.75, 3.05) is 0 Å². The Hall–Kier alpha value is -0.920. The fraction of sp³-hybridized carbons (Fsp3) is 0.733. The van der Waals surface area contributed by atoms with Gasteiger partial charge in [0.1, 0.15) is 12.0 Å². The fourth-order valence-corrected chi connectivity index (χ4v) is 2.11. The van der Waals surface area contributed by atoms with Gasteiger partial charge in [0.2, 0.25) is 0 Å². The molecular formula is C15H27NO. The maximum atomic E-state index is 5.49. The standard InChI is InChI=1S/C15H27NO/c1-3-4-5-6-7-8-9-10-11-15-14(2)16-12-13-17-15/h12-13,16H,3-11H2,1-2H3. The van der Waals surface area contributed by atoms with Crippen LogP contribution >= 0.6 is 0 Å². The molecule has 1 rings (SSSR count). The summed E-state index contributed by atoms with van der Waals surface area (Å²) >= 11 is 0. The van der Waals surface area contributed by atoms with Crippen LogP contribution in [0.25, 0.3) is 0 Å². The molecule has 2 nitrogen and oxygen atoms in total. The van der Waals surface area contributed by atoms with Gasteiger partial charge in [-0.15, -0.1) is 0 Å². The third-order valence-electron chi connectivity index (χ3n) is 3.25. The molecule has 0 fully saturated rings. The summed E-state index contributed by atoms with van der Waals surface area (Å²) in [6.45, 7) is 4.34. The molecule has 0 radical (unpaired) electrons. The number of ether oxygens (including phenoxy) is 1. The molecule has 0 saturated carbocycles. The lowest BCUT2D eigenvalue weighted by Crippen LogP contribution is -2.10. The highest BCUT2D eigenvalue weighted by molar-refractivity contribution is 5.10. The third-order valence-corrected chi connectivity index (χ3v) is 3.25. The van der Waals surface area contributed by atoms with Crippen molar-refractivity contribution in [2.24, 2.45) is 0 Å². The highest BCUT2D eigenvalue weighted by atomic mass is 16.5. The third kappa shape index (κ3) is 6.40. The Bertz CT molecular complexity index is 256. The molecule has 0 aliphatic carbocycles. The average molecular weight is 237 g/mol. The lowest BCUT2D eigenvalue weighted by atomic mass is 10.1. The summed E-state index contributed by atoms with van der Waals surface area (Å²) in [5.74, 6) is 1.11. The second-order valence-corrected chi connectivity index (χ2v) is 4.84. The minimum atomic E-state index is 1.07. The van der Waals surface area contributed by atoms with Gasteiger partial charge in [0.15, 0.2) is 0 Å². The van der Waals surface area contributed by atoms with E-state index >= 15 is 0 Å². The SMILES string of the molecule is CCCCCCCCCCC1=C(C)NC=CO1. The van der Waals surface area contributed by atoms with Crippen LogP contribution in [0.3, 0.4) is 0 Å². The summed E-state index contributed by atoms with van der Waals surface area (Å²) in [7, 11) is 0. The Morgan fingerprint density at radius 3 is 2.29 bits per heavy atom. The molecule has 0 amide bonds. The van der Waals surface area contributed by atoms with Crippen LogP contribution in [0.1, 0.15) is 71.6 Å². The largest absolute Gasteiger partial charge is 0.466 e. The normalized spacial score (nSPS) is 14.7. The molecule has 0 aromatic rings. The fourth-order valence-electron chi connectivity index (χ4n) is 2.11. The van der Waals surface area contributed by atoms with Crippen LogP contribution in [0, 0.1) is 0 Å². The molecule has 1 aliphatic rings. The molecule has 0 atom stereocenters. The molecule has 0 aromatic carbocycles. The molecule has 1 N–H and O–H groups in total. The molecule has 98 valence electrons. The Kier molecular flexibility index (Phi) is 7.61. The molecule has 0 saturated heterocycles. The van der Waals surface area contributed by atoms with E-state index in [0.29, 0.717) is 0 Å². The summed E-state index contributed by atoms with van der Waals surface area (Å²) in [5.41, 5.74) is 1.16. The predicted molar refractivity (Wildman–Crippen MR) is 73.3 cm³/mol. The minimum Gasteiger partial charge on any atom is -0.466 e. The topological polar surface area (TPSA) is 21.3 Å². The van der Waals surface area contributed by atoms with Crippen LogP contribution < -0.4 is 5.32 Å². The lowest BCUT2D eigenvalue weighted by Gasteiger charge is -2.15. The Morgan fingerprint density at radius 1 is 1.00 bits per heavy atom. The van der Waals surface area contributed by atoms with E-state index in [9.17, 15) is 0 Å². The van der Waals surface area contributed by atoms with Crippen LogP contribution in [0.15, 0.2) is 23.9 Å². The minimum absolute atomic E-state index is 1.07. The molecule has 0 unspecified atom stereocenters. The van der Waals surface area contributed by atoms with Crippen molar-refractivity contribution in [3.8, 4) is 0 Å². The number of nitrogens with one attached hydrogen (secondary N) is 1. The van der Waals surface area contributed by atoms with E-state index in [1.54, 1.807) is 6.26 Å². The van der Waals surface area contributed by atoms with Gasteiger partial charge in [-0.2, -0.15) is 0 Å². The summed E-state index contributed by atoms with van der Waals surface area (Å²) in [5, 5.41) is 3.18. The van der Waals surface area contributed by atoms with Crippen LogP contribution in [0.5, 0.6) is 0 Å². The van der Waals surface area contributed by atoms with Gasteiger partial charge in [0.25, 0.3) is 0 Å². The zero-order valence-corrected chi connectivity index (χ0v) is 11.4. The predicted octanol–water partition coefficient (Wildman–Crippen LogP) is 4.84. The molecular weight excluding hydrogens is 210 g/mol. The van der Waals surface area contributed by atoms with Crippen molar-refractivity contribution < 1.29 is 4.74 Å². The molecule has 0 aromatic heterocycles. The van der Waals surface area contributed by atoms with Crippen molar-refractivity contribution in [3.63, 3.8) is 0 Å². The van der Waals surface area contributed by atoms with Crippen LogP contribution in [-0.4, -0.2) is 0 Å². The number of allylic oxidation sites excluding steroid dienone is 2. The maximum Gasteiger partial charge on any atom is 0.122 e.